The summed E-state index contributed by atoms with van der Waals surface area (Å²) in [5.74, 6) is -1.51. The fraction of sp³-hybridized carbons (Fsp3) is 0.333. The van der Waals surface area contributed by atoms with Gasteiger partial charge in [0.1, 0.15) is 12.0 Å². The third-order valence-corrected chi connectivity index (χ3v) is 4.90. The molecule has 0 unspecified atom stereocenters. The molecule has 5 nitrogen and oxygen atoms in total. The molecule has 2 aromatic carbocycles. The minimum absolute atomic E-state index is 0.217. The molecular formula is C21H23NO4. The maximum absolute atomic E-state index is 13.2. The molecule has 5 heteroatoms. The maximum atomic E-state index is 13.2. The molecule has 136 valence electrons. The zero-order valence-corrected chi connectivity index (χ0v) is 14.6. The number of amides is 1. The predicted molar refractivity (Wildman–Crippen MR) is 96.8 cm³/mol. The normalized spacial score (nSPS) is 15.5. The summed E-state index contributed by atoms with van der Waals surface area (Å²) in [5, 5.41) is 11.0. The van der Waals surface area contributed by atoms with Crippen LogP contribution in [0.2, 0.25) is 0 Å². The van der Waals surface area contributed by atoms with Crippen LogP contribution in [0.4, 0.5) is 0 Å². The Balaban J connectivity index is 1.81. The second-order valence-electron chi connectivity index (χ2n) is 6.68. The summed E-state index contributed by atoms with van der Waals surface area (Å²) >= 11 is 0. The van der Waals surface area contributed by atoms with Crippen molar-refractivity contribution in [2.75, 3.05) is 0 Å². The van der Waals surface area contributed by atoms with E-state index in [0.717, 1.165) is 24.0 Å². The standard InChI is InChI=1S/C21H23NO4/c23-19(21(20(24)25)13-7-8-14-21)22(15-17-9-3-1-4-10-17)26-16-18-11-5-2-6-12-18/h1-6,9-12H,7-8,13-16H2,(H,24,25). The van der Waals surface area contributed by atoms with Crippen LogP contribution in [0, 0.1) is 5.41 Å². The average molecular weight is 353 g/mol. The number of nitrogens with zero attached hydrogens (tertiary/aromatic N) is 1. The summed E-state index contributed by atoms with van der Waals surface area (Å²) in [5.41, 5.74) is 0.451. The van der Waals surface area contributed by atoms with Gasteiger partial charge >= 0.3 is 5.97 Å². The van der Waals surface area contributed by atoms with Gasteiger partial charge in [-0.2, -0.15) is 0 Å². The molecule has 0 aliphatic heterocycles. The molecule has 1 saturated carbocycles. The quantitative estimate of drug-likeness (QED) is 0.607. The Labute approximate surface area is 153 Å². The Morgan fingerprint density at radius 2 is 1.46 bits per heavy atom. The van der Waals surface area contributed by atoms with Crippen LogP contribution < -0.4 is 0 Å². The van der Waals surface area contributed by atoms with E-state index in [1.807, 2.05) is 60.7 Å². The van der Waals surface area contributed by atoms with Crippen LogP contribution in [0.5, 0.6) is 0 Å². The first-order chi connectivity index (χ1) is 12.6. The molecular weight excluding hydrogens is 330 g/mol. The van der Waals surface area contributed by atoms with E-state index in [2.05, 4.69) is 0 Å². The third-order valence-electron chi connectivity index (χ3n) is 4.90. The molecule has 26 heavy (non-hydrogen) atoms. The molecule has 1 N–H and O–H groups in total. The molecule has 1 fully saturated rings. The number of carboxylic acids is 1. The van der Waals surface area contributed by atoms with Gasteiger partial charge in [-0.25, -0.2) is 5.06 Å². The highest BCUT2D eigenvalue weighted by molar-refractivity contribution is 6.01. The Morgan fingerprint density at radius 3 is 2.00 bits per heavy atom. The molecule has 0 saturated heterocycles. The predicted octanol–water partition coefficient (Wildman–Crippen LogP) is 3.79. The highest BCUT2D eigenvalue weighted by atomic mass is 16.7. The summed E-state index contributed by atoms with van der Waals surface area (Å²) in [6.07, 6.45) is 2.22. The number of carboxylic acid groups (broad SMARTS) is 1. The van der Waals surface area contributed by atoms with E-state index in [-0.39, 0.29) is 13.2 Å². The van der Waals surface area contributed by atoms with E-state index in [1.54, 1.807) is 0 Å². The SMILES string of the molecule is O=C(O)C1(C(=O)N(Cc2ccccc2)OCc2ccccc2)CCCC1. The van der Waals surface area contributed by atoms with Crippen LogP contribution >= 0.6 is 0 Å². The van der Waals surface area contributed by atoms with Crippen molar-refractivity contribution in [3.63, 3.8) is 0 Å². The zero-order valence-electron chi connectivity index (χ0n) is 14.6. The molecule has 1 aliphatic rings. The third kappa shape index (κ3) is 3.94. The molecule has 0 radical (unpaired) electrons. The van der Waals surface area contributed by atoms with Crippen molar-refractivity contribution in [2.45, 2.75) is 38.8 Å². The van der Waals surface area contributed by atoms with Gasteiger partial charge in [0.05, 0.1) is 6.54 Å². The van der Waals surface area contributed by atoms with E-state index < -0.39 is 17.3 Å². The number of benzene rings is 2. The van der Waals surface area contributed by atoms with Gasteiger partial charge in [-0.1, -0.05) is 73.5 Å². The number of hydrogen-bond acceptors (Lipinski definition) is 3. The Bertz CT molecular complexity index is 739. The van der Waals surface area contributed by atoms with Gasteiger partial charge in [0.2, 0.25) is 0 Å². The van der Waals surface area contributed by atoms with Crippen molar-refractivity contribution >= 4 is 11.9 Å². The van der Waals surface area contributed by atoms with Gasteiger partial charge in [-0.15, -0.1) is 0 Å². The second kappa shape index (κ2) is 8.15. The van der Waals surface area contributed by atoms with Crippen molar-refractivity contribution in [1.82, 2.24) is 5.06 Å². The number of hydrogen-bond donors (Lipinski definition) is 1. The van der Waals surface area contributed by atoms with Crippen LogP contribution in [0.1, 0.15) is 36.8 Å². The number of carbonyl (C=O) groups excluding carboxylic acids is 1. The minimum Gasteiger partial charge on any atom is -0.480 e. The molecule has 0 aromatic heterocycles. The second-order valence-corrected chi connectivity index (χ2v) is 6.68. The largest absolute Gasteiger partial charge is 0.480 e. The molecule has 0 atom stereocenters. The summed E-state index contributed by atoms with van der Waals surface area (Å²) in [6, 6.07) is 19.0. The number of aliphatic carboxylic acids is 1. The van der Waals surface area contributed by atoms with E-state index in [4.69, 9.17) is 4.84 Å². The molecule has 1 amide bonds. The molecule has 1 aliphatic carbocycles. The molecule has 0 bridgehead atoms. The highest BCUT2D eigenvalue weighted by Gasteiger charge is 2.50. The van der Waals surface area contributed by atoms with Gasteiger partial charge in [0.25, 0.3) is 5.91 Å². The van der Waals surface area contributed by atoms with Gasteiger partial charge in [-0.3, -0.25) is 14.4 Å². The number of rotatable bonds is 7. The van der Waals surface area contributed by atoms with Crippen molar-refractivity contribution < 1.29 is 19.5 Å². The highest BCUT2D eigenvalue weighted by Crippen LogP contribution is 2.40. The number of carbonyl (C=O) groups is 2. The average Bonchev–Trinajstić information content (AvgIpc) is 3.17. The lowest BCUT2D eigenvalue weighted by Crippen LogP contribution is -2.46. The van der Waals surface area contributed by atoms with Gasteiger partial charge in [0.15, 0.2) is 0 Å². The van der Waals surface area contributed by atoms with E-state index in [0.29, 0.717) is 12.8 Å². The van der Waals surface area contributed by atoms with Gasteiger partial charge in [-0.05, 0) is 24.0 Å². The first-order valence-corrected chi connectivity index (χ1v) is 8.88. The van der Waals surface area contributed by atoms with E-state index in [9.17, 15) is 14.7 Å². The summed E-state index contributed by atoms with van der Waals surface area (Å²) in [6.45, 7) is 0.441. The Morgan fingerprint density at radius 1 is 0.923 bits per heavy atom. The first kappa shape index (κ1) is 18.1. The Hall–Kier alpha value is -2.66. The summed E-state index contributed by atoms with van der Waals surface area (Å²) in [4.78, 5) is 30.8. The smallest absolute Gasteiger partial charge is 0.319 e. The maximum Gasteiger partial charge on any atom is 0.319 e. The van der Waals surface area contributed by atoms with Crippen molar-refractivity contribution in [2.24, 2.45) is 5.41 Å². The lowest BCUT2D eigenvalue weighted by atomic mass is 9.85. The van der Waals surface area contributed by atoms with Crippen LogP contribution in [-0.2, 0) is 27.6 Å². The zero-order chi connectivity index (χ0) is 18.4. The van der Waals surface area contributed by atoms with Crippen LogP contribution in [0.3, 0.4) is 0 Å². The van der Waals surface area contributed by atoms with Gasteiger partial charge < -0.3 is 5.11 Å². The minimum atomic E-state index is -1.37. The lowest BCUT2D eigenvalue weighted by Gasteiger charge is -2.30. The van der Waals surface area contributed by atoms with Crippen molar-refractivity contribution in [3.8, 4) is 0 Å². The van der Waals surface area contributed by atoms with E-state index >= 15 is 0 Å². The molecule has 2 aromatic rings. The first-order valence-electron chi connectivity index (χ1n) is 8.88. The van der Waals surface area contributed by atoms with Crippen LogP contribution in [-0.4, -0.2) is 22.0 Å². The topological polar surface area (TPSA) is 66.8 Å². The summed E-state index contributed by atoms with van der Waals surface area (Å²) < 4.78 is 0. The fourth-order valence-electron chi connectivity index (χ4n) is 3.39. The van der Waals surface area contributed by atoms with E-state index in [1.165, 1.54) is 5.06 Å². The fourth-order valence-corrected chi connectivity index (χ4v) is 3.39. The Kier molecular flexibility index (Phi) is 5.68. The van der Waals surface area contributed by atoms with Gasteiger partial charge in [0, 0.05) is 0 Å². The van der Waals surface area contributed by atoms with Crippen molar-refractivity contribution in [3.05, 3.63) is 71.8 Å². The molecule has 0 spiro atoms. The van der Waals surface area contributed by atoms with Crippen molar-refractivity contribution in [1.29, 1.82) is 0 Å². The molecule has 0 heterocycles. The van der Waals surface area contributed by atoms with Crippen LogP contribution in [0.15, 0.2) is 60.7 Å². The lowest BCUT2D eigenvalue weighted by molar-refractivity contribution is -0.208. The van der Waals surface area contributed by atoms with Crippen LogP contribution in [0.25, 0.3) is 0 Å². The monoisotopic (exact) mass is 353 g/mol. The molecule has 3 rings (SSSR count). The number of hydroxylamine groups is 2. The summed E-state index contributed by atoms with van der Waals surface area (Å²) in [7, 11) is 0.